The number of aromatic nitrogens is 1. The number of ether oxygens (including phenoxy) is 1. The van der Waals surface area contributed by atoms with Gasteiger partial charge in [-0.1, -0.05) is 11.2 Å². The summed E-state index contributed by atoms with van der Waals surface area (Å²) < 4.78 is 11.0. The van der Waals surface area contributed by atoms with Crippen LogP contribution in [0.4, 0.5) is 5.69 Å². The van der Waals surface area contributed by atoms with Gasteiger partial charge >= 0.3 is 0 Å². The molecule has 1 N–H and O–H groups in total. The zero-order valence-electron chi connectivity index (χ0n) is 17.7. The number of hydrogen-bond donors (Lipinski definition) is 1. The Labute approximate surface area is 181 Å². The van der Waals surface area contributed by atoms with Crippen molar-refractivity contribution in [1.29, 1.82) is 0 Å². The van der Waals surface area contributed by atoms with Crippen LogP contribution in [0.2, 0.25) is 0 Å². The van der Waals surface area contributed by atoms with E-state index in [1.54, 1.807) is 48.5 Å². The van der Waals surface area contributed by atoms with E-state index >= 15 is 0 Å². The van der Waals surface area contributed by atoms with Gasteiger partial charge in [0, 0.05) is 29.9 Å². The number of anilines is 1. The molecule has 0 unspecified atom stereocenters. The summed E-state index contributed by atoms with van der Waals surface area (Å²) in [5.74, 6) is 1.09. The first-order chi connectivity index (χ1) is 15.0. The number of aryl methyl sites for hydroxylation is 2. The van der Waals surface area contributed by atoms with Crippen molar-refractivity contribution in [1.82, 2.24) is 10.1 Å². The molecule has 0 saturated carbocycles. The van der Waals surface area contributed by atoms with Crippen molar-refractivity contribution in [2.24, 2.45) is 0 Å². The van der Waals surface area contributed by atoms with Crippen molar-refractivity contribution in [3.63, 3.8) is 0 Å². The maximum atomic E-state index is 12.7. The van der Waals surface area contributed by atoms with Gasteiger partial charge in [-0.25, -0.2) is 0 Å². The average molecular weight is 419 g/mol. The monoisotopic (exact) mass is 419 g/mol. The van der Waals surface area contributed by atoms with E-state index in [4.69, 9.17) is 9.26 Å². The van der Waals surface area contributed by atoms with Crippen LogP contribution in [-0.2, 0) is 6.61 Å². The minimum absolute atomic E-state index is 0.0403. The number of nitrogens with zero attached hydrogens (tertiary/aromatic N) is 2. The van der Waals surface area contributed by atoms with Crippen molar-refractivity contribution in [2.45, 2.75) is 33.3 Å². The fourth-order valence-electron chi connectivity index (χ4n) is 3.59. The van der Waals surface area contributed by atoms with Crippen LogP contribution in [-0.4, -0.2) is 35.0 Å². The third-order valence-corrected chi connectivity index (χ3v) is 5.44. The minimum Gasteiger partial charge on any atom is -0.489 e. The van der Waals surface area contributed by atoms with Crippen LogP contribution in [0.5, 0.6) is 5.75 Å². The second-order valence-electron chi connectivity index (χ2n) is 7.65. The van der Waals surface area contributed by atoms with Crippen LogP contribution in [0, 0.1) is 13.8 Å². The first-order valence-corrected chi connectivity index (χ1v) is 10.4. The summed E-state index contributed by atoms with van der Waals surface area (Å²) >= 11 is 0. The van der Waals surface area contributed by atoms with Crippen LogP contribution in [0.15, 0.2) is 53.1 Å². The van der Waals surface area contributed by atoms with E-state index in [0.29, 0.717) is 29.2 Å². The van der Waals surface area contributed by atoms with Crippen LogP contribution < -0.4 is 10.1 Å². The Morgan fingerprint density at radius 1 is 1.06 bits per heavy atom. The Balaban J connectivity index is 1.38. The predicted molar refractivity (Wildman–Crippen MR) is 116 cm³/mol. The molecule has 2 aromatic carbocycles. The zero-order chi connectivity index (χ0) is 21.8. The number of carbonyl (C=O) groups is 2. The molecule has 0 spiro atoms. The Morgan fingerprint density at radius 3 is 2.48 bits per heavy atom. The molecule has 7 nitrogen and oxygen atoms in total. The molecule has 1 fully saturated rings. The van der Waals surface area contributed by atoms with E-state index in [1.165, 1.54) is 0 Å². The molecular weight excluding hydrogens is 394 g/mol. The number of carbonyl (C=O) groups excluding carboxylic acids is 2. The quantitative estimate of drug-likeness (QED) is 0.642. The Morgan fingerprint density at radius 2 is 1.81 bits per heavy atom. The molecule has 1 saturated heterocycles. The van der Waals surface area contributed by atoms with Gasteiger partial charge < -0.3 is 19.5 Å². The molecule has 31 heavy (non-hydrogen) atoms. The van der Waals surface area contributed by atoms with Gasteiger partial charge in [-0.05, 0) is 69.2 Å². The van der Waals surface area contributed by atoms with Crippen molar-refractivity contribution in [3.05, 3.63) is 76.7 Å². The molecule has 0 aliphatic carbocycles. The molecule has 1 aromatic heterocycles. The van der Waals surface area contributed by atoms with E-state index in [0.717, 1.165) is 42.9 Å². The lowest BCUT2D eigenvalue weighted by Gasteiger charge is -2.15. The summed E-state index contributed by atoms with van der Waals surface area (Å²) in [5.41, 5.74) is 3.43. The highest BCUT2D eigenvalue weighted by Gasteiger charge is 2.19. The first kappa shape index (κ1) is 20.7. The summed E-state index contributed by atoms with van der Waals surface area (Å²) in [6.45, 7) is 5.65. The number of hydrogen-bond acceptors (Lipinski definition) is 5. The lowest BCUT2D eigenvalue weighted by atomic mass is 10.1. The van der Waals surface area contributed by atoms with Gasteiger partial charge in [0.25, 0.3) is 11.8 Å². The van der Waals surface area contributed by atoms with Crippen LogP contribution in [0.25, 0.3) is 0 Å². The number of nitrogens with one attached hydrogen (secondary N) is 1. The molecule has 7 heteroatoms. The fraction of sp³-hybridized carbons (Fsp3) is 0.292. The molecule has 1 aliphatic heterocycles. The van der Waals surface area contributed by atoms with Gasteiger partial charge in [0.2, 0.25) is 0 Å². The van der Waals surface area contributed by atoms with Gasteiger partial charge in [-0.3, -0.25) is 9.59 Å². The van der Waals surface area contributed by atoms with Crippen molar-refractivity contribution in [3.8, 4) is 5.75 Å². The molecule has 0 atom stereocenters. The lowest BCUT2D eigenvalue weighted by molar-refractivity contribution is 0.0792. The normalized spacial score (nSPS) is 13.3. The Kier molecular flexibility index (Phi) is 6.02. The van der Waals surface area contributed by atoms with Crippen molar-refractivity contribution >= 4 is 17.5 Å². The molecule has 2 amide bonds. The summed E-state index contributed by atoms with van der Waals surface area (Å²) in [4.78, 5) is 27.0. The van der Waals surface area contributed by atoms with Gasteiger partial charge in [0.15, 0.2) is 0 Å². The second kappa shape index (κ2) is 9.04. The molecule has 160 valence electrons. The number of amides is 2. The minimum atomic E-state index is -0.249. The van der Waals surface area contributed by atoms with E-state index in [1.807, 2.05) is 18.7 Å². The average Bonchev–Trinajstić information content (AvgIpc) is 3.43. The van der Waals surface area contributed by atoms with E-state index < -0.39 is 0 Å². The summed E-state index contributed by atoms with van der Waals surface area (Å²) in [7, 11) is 0. The highest BCUT2D eigenvalue weighted by atomic mass is 16.5. The molecule has 1 aliphatic rings. The third-order valence-electron chi connectivity index (χ3n) is 5.44. The van der Waals surface area contributed by atoms with E-state index in [-0.39, 0.29) is 11.8 Å². The standard InChI is InChI=1S/C24H25N3O4/c1-16-22(17(2)31-26-16)15-30-21-7-5-6-19(14-21)23(28)25-20-10-8-18(9-11-20)24(29)27-12-3-4-13-27/h5-11,14H,3-4,12-13,15H2,1-2H3,(H,25,28). The van der Waals surface area contributed by atoms with Crippen molar-refractivity contribution in [2.75, 3.05) is 18.4 Å². The Bertz CT molecular complexity index is 1060. The summed E-state index contributed by atoms with van der Waals surface area (Å²) in [6.07, 6.45) is 2.11. The number of likely N-dealkylation sites (tertiary alicyclic amines) is 1. The van der Waals surface area contributed by atoms with Gasteiger partial charge in [-0.2, -0.15) is 0 Å². The van der Waals surface area contributed by atoms with E-state index in [9.17, 15) is 9.59 Å². The maximum Gasteiger partial charge on any atom is 0.255 e. The highest BCUT2D eigenvalue weighted by molar-refractivity contribution is 6.04. The third kappa shape index (κ3) is 4.77. The van der Waals surface area contributed by atoms with Crippen LogP contribution in [0.1, 0.15) is 50.6 Å². The molecular formula is C24H25N3O4. The van der Waals surface area contributed by atoms with Gasteiger partial charge in [0.1, 0.15) is 18.1 Å². The SMILES string of the molecule is Cc1noc(C)c1COc1cccc(C(=O)Nc2ccc(C(=O)N3CCCC3)cc2)c1. The zero-order valence-corrected chi connectivity index (χ0v) is 17.7. The topological polar surface area (TPSA) is 84.7 Å². The highest BCUT2D eigenvalue weighted by Crippen LogP contribution is 2.20. The predicted octanol–water partition coefficient (Wildman–Crippen LogP) is 4.36. The summed E-state index contributed by atoms with van der Waals surface area (Å²) in [6, 6.07) is 14.0. The second-order valence-corrected chi connectivity index (χ2v) is 7.65. The van der Waals surface area contributed by atoms with Crippen LogP contribution >= 0.6 is 0 Å². The fourth-order valence-corrected chi connectivity index (χ4v) is 3.59. The first-order valence-electron chi connectivity index (χ1n) is 10.4. The molecule has 2 heterocycles. The molecule has 3 aromatic rings. The van der Waals surface area contributed by atoms with Gasteiger partial charge in [-0.15, -0.1) is 0 Å². The Hall–Kier alpha value is -3.61. The molecule has 0 bridgehead atoms. The molecule has 0 radical (unpaired) electrons. The summed E-state index contributed by atoms with van der Waals surface area (Å²) in [5, 5.41) is 6.78. The number of benzene rings is 2. The van der Waals surface area contributed by atoms with E-state index in [2.05, 4.69) is 10.5 Å². The number of rotatable bonds is 6. The lowest BCUT2D eigenvalue weighted by Crippen LogP contribution is -2.27. The van der Waals surface area contributed by atoms with Crippen LogP contribution in [0.3, 0.4) is 0 Å². The largest absolute Gasteiger partial charge is 0.489 e. The van der Waals surface area contributed by atoms with Gasteiger partial charge in [0.05, 0.1) is 11.3 Å². The maximum absolute atomic E-state index is 12.7. The smallest absolute Gasteiger partial charge is 0.255 e. The molecule has 4 rings (SSSR count). The van der Waals surface area contributed by atoms with Crippen molar-refractivity contribution < 1.29 is 18.8 Å².